The Morgan fingerprint density at radius 3 is 2.80 bits per heavy atom. The van der Waals surface area contributed by atoms with Crippen molar-refractivity contribution in [3.05, 3.63) is 33.9 Å². The molecule has 1 aliphatic rings. The molecule has 7 nitrogen and oxygen atoms in total. The molecule has 20 heavy (non-hydrogen) atoms. The van der Waals surface area contributed by atoms with E-state index in [-0.39, 0.29) is 24.0 Å². The first-order valence-electron chi connectivity index (χ1n) is 6.44. The van der Waals surface area contributed by atoms with Gasteiger partial charge < -0.3 is 15.0 Å². The fraction of sp³-hybridized carbons (Fsp3) is 0.462. The summed E-state index contributed by atoms with van der Waals surface area (Å²) in [6, 6.07) is 4.60. The molecule has 108 valence electrons. The molecule has 2 rings (SSSR count). The number of nitro groups is 1. The van der Waals surface area contributed by atoms with Gasteiger partial charge >= 0.3 is 5.69 Å². The smallest absolute Gasteiger partial charge is 0.310 e. The largest absolute Gasteiger partial charge is 0.477 e. The first-order valence-corrected chi connectivity index (χ1v) is 6.44. The van der Waals surface area contributed by atoms with Gasteiger partial charge in [-0.25, -0.2) is 0 Å². The molecular formula is C13H17N3O4. The Balaban J connectivity index is 2.01. The number of piperazine rings is 1. The Morgan fingerprint density at radius 1 is 1.45 bits per heavy atom. The second-order valence-electron chi connectivity index (χ2n) is 4.65. The van der Waals surface area contributed by atoms with Gasteiger partial charge in [0.25, 0.3) is 5.91 Å². The molecule has 7 heteroatoms. The Morgan fingerprint density at radius 2 is 2.15 bits per heavy atom. The molecule has 1 aliphatic heterocycles. The summed E-state index contributed by atoms with van der Waals surface area (Å²) in [6.45, 7) is 4.43. The minimum Gasteiger partial charge on any atom is -0.477 e. The van der Waals surface area contributed by atoms with Crippen LogP contribution in [0.2, 0.25) is 0 Å². The highest BCUT2D eigenvalue weighted by molar-refractivity contribution is 5.78. The Bertz CT molecular complexity index is 512. The van der Waals surface area contributed by atoms with Crippen LogP contribution in [0.3, 0.4) is 0 Å². The molecule has 1 heterocycles. The quantitative estimate of drug-likeness (QED) is 0.648. The minimum atomic E-state index is -0.510. The maximum absolute atomic E-state index is 11.9. The van der Waals surface area contributed by atoms with E-state index in [0.717, 1.165) is 18.7 Å². The molecule has 1 saturated heterocycles. The summed E-state index contributed by atoms with van der Waals surface area (Å²) < 4.78 is 5.34. The molecule has 1 aromatic carbocycles. The highest BCUT2D eigenvalue weighted by atomic mass is 16.6. The zero-order valence-corrected chi connectivity index (χ0v) is 11.3. The van der Waals surface area contributed by atoms with E-state index in [1.54, 1.807) is 17.0 Å². The third kappa shape index (κ3) is 3.45. The van der Waals surface area contributed by atoms with E-state index in [2.05, 4.69) is 5.32 Å². The van der Waals surface area contributed by atoms with E-state index in [9.17, 15) is 14.9 Å². The molecule has 0 spiro atoms. The third-order valence-corrected chi connectivity index (χ3v) is 3.13. The summed E-state index contributed by atoms with van der Waals surface area (Å²) in [7, 11) is 0. The van der Waals surface area contributed by atoms with Gasteiger partial charge in [0.15, 0.2) is 12.4 Å². The predicted molar refractivity (Wildman–Crippen MR) is 72.8 cm³/mol. The molecule has 0 aliphatic carbocycles. The molecular weight excluding hydrogens is 262 g/mol. The molecule has 0 bridgehead atoms. The number of aryl methyl sites for hydroxylation is 1. The lowest BCUT2D eigenvalue weighted by molar-refractivity contribution is -0.385. The van der Waals surface area contributed by atoms with Crippen LogP contribution in [0.4, 0.5) is 5.69 Å². The number of hydrogen-bond donors (Lipinski definition) is 1. The second-order valence-corrected chi connectivity index (χ2v) is 4.65. The van der Waals surface area contributed by atoms with Gasteiger partial charge in [0.2, 0.25) is 0 Å². The monoisotopic (exact) mass is 279 g/mol. The molecule has 0 aromatic heterocycles. The normalized spacial score (nSPS) is 14.9. The van der Waals surface area contributed by atoms with Crippen LogP contribution in [0.5, 0.6) is 5.75 Å². The number of carbonyl (C=O) groups is 1. The minimum absolute atomic E-state index is 0.122. The molecule has 0 atom stereocenters. The summed E-state index contributed by atoms with van der Waals surface area (Å²) in [6.07, 6.45) is 0. The van der Waals surface area contributed by atoms with Crippen LogP contribution in [0.15, 0.2) is 18.2 Å². The fourth-order valence-electron chi connectivity index (χ4n) is 2.03. The van der Waals surface area contributed by atoms with Gasteiger partial charge in [0, 0.05) is 32.2 Å². The van der Waals surface area contributed by atoms with E-state index < -0.39 is 4.92 Å². The number of nitro benzene ring substituents is 1. The summed E-state index contributed by atoms with van der Waals surface area (Å²) in [5, 5.41) is 14.1. The predicted octanol–water partition coefficient (Wildman–Crippen LogP) is 0.714. The topological polar surface area (TPSA) is 84.7 Å². The van der Waals surface area contributed by atoms with Crippen LogP contribution in [-0.4, -0.2) is 48.5 Å². The average Bonchev–Trinajstić information content (AvgIpc) is 2.45. The van der Waals surface area contributed by atoms with Crippen LogP contribution < -0.4 is 10.1 Å². The standard InChI is InChI=1S/C13H17N3O4/c1-10-2-3-11(16(18)19)12(8-10)20-9-13(17)15-6-4-14-5-7-15/h2-3,8,14H,4-7,9H2,1H3. The van der Waals surface area contributed by atoms with Crippen molar-refractivity contribution in [3.8, 4) is 5.75 Å². The number of hydrogen-bond acceptors (Lipinski definition) is 5. The molecule has 0 saturated carbocycles. The van der Waals surface area contributed by atoms with Crippen molar-refractivity contribution < 1.29 is 14.5 Å². The van der Waals surface area contributed by atoms with Crippen molar-refractivity contribution in [2.24, 2.45) is 0 Å². The van der Waals surface area contributed by atoms with Crippen LogP contribution in [0, 0.1) is 17.0 Å². The summed E-state index contributed by atoms with van der Waals surface area (Å²) >= 11 is 0. The summed E-state index contributed by atoms with van der Waals surface area (Å²) in [4.78, 5) is 24.0. The van der Waals surface area contributed by atoms with E-state index in [0.29, 0.717) is 13.1 Å². The molecule has 0 unspecified atom stereocenters. The maximum Gasteiger partial charge on any atom is 0.310 e. The number of nitrogens with zero attached hydrogens (tertiary/aromatic N) is 2. The van der Waals surface area contributed by atoms with Gasteiger partial charge in [-0.2, -0.15) is 0 Å². The average molecular weight is 279 g/mol. The second kappa shape index (κ2) is 6.33. The maximum atomic E-state index is 11.9. The molecule has 1 amide bonds. The van der Waals surface area contributed by atoms with Gasteiger partial charge in [0.05, 0.1) is 4.92 Å². The van der Waals surface area contributed by atoms with E-state index in [4.69, 9.17) is 4.74 Å². The lowest BCUT2D eigenvalue weighted by Gasteiger charge is -2.27. The summed E-state index contributed by atoms with van der Waals surface area (Å²) in [5.74, 6) is -0.0132. The first kappa shape index (κ1) is 14.3. The van der Waals surface area contributed by atoms with Crippen molar-refractivity contribution in [3.63, 3.8) is 0 Å². The van der Waals surface area contributed by atoms with Crippen LogP contribution in [-0.2, 0) is 4.79 Å². The van der Waals surface area contributed by atoms with Crippen molar-refractivity contribution in [2.45, 2.75) is 6.92 Å². The highest BCUT2D eigenvalue weighted by Crippen LogP contribution is 2.27. The Kier molecular flexibility index (Phi) is 4.52. The number of ether oxygens (including phenoxy) is 1. The molecule has 1 fully saturated rings. The number of carbonyl (C=O) groups excluding carboxylic acids is 1. The van der Waals surface area contributed by atoms with Crippen LogP contribution in [0.25, 0.3) is 0 Å². The van der Waals surface area contributed by atoms with Gasteiger partial charge in [-0.15, -0.1) is 0 Å². The van der Waals surface area contributed by atoms with Gasteiger partial charge in [-0.05, 0) is 18.6 Å². The van der Waals surface area contributed by atoms with Gasteiger partial charge in [-0.1, -0.05) is 6.07 Å². The van der Waals surface area contributed by atoms with Crippen molar-refractivity contribution in [2.75, 3.05) is 32.8 Å². The number of rotatable bonds is 4. The Hall–Kier alpha value is -2.15. The zero-order chi connectivity index (χ0) is 14.5. The summed E-state index contributed by atoms with van der Waals surface area (Å²) in [5.41, 5.74) is 0.726. The van der Waals surface area contributed by atoms with Crippen LogP contribution >= 0.6 is 0 Å². The highest BCUT2D eigenvalue weighted by Gasteiger charge is 2.19. The number of benzene rings is 1. The fourth-order valence-corrected chi connectivity index (χ4v) is 2.03. The number of amides is 1. The van der Waals surface area contributed by atoms with Crippen molar-refractivity contribution >= 4 is 11.6 Å². The number of nitrogens with one attached hydrogen (secondary N) is 1. The Labute approximate surface area is 116 Å². The van der Waals surface area contributed by atoms with Crippen molar-refractivity contribution in [1.29, 1.82) is 0 Å². The molecule has 1 aromatic rings. The third-order valence-electron chi connectivity index (χ3n) is 3.13. The molecule has 0 radical (unpaired) electrons. The van der Waals surface area contributed by atoms with Crippen molar-refractivity contribution in [1.82, 2.24) is 10.2 Å². The lowest BCUT2D eigenvalue weighted by atomic mass is 10.2. The lowest BCUT2D eigenvalue weighted by Crippen LogP contribution is -2.47. The van der Waals surface area contributed by atoms with E-state index in [1.807, 2.05) is 6.92 Å². The SMILES string of the molecule is Cc1ccc([N+](=O)[O-])c(OCC(=O)N2CCNCC2)c1. The molecule has 1 N–H and O–H groups in total. The van der Waals surface area contributed by atoms with Gasteiger partial charge in [0.1, 0.15) is 0 Å². The van der Waals surface area contributed by atoms with Gasteiger partial charge in [-0.3, -0.25) is 14.9 Å². The van der Waals surface area contributed by atoms with Crippen LogP contribution in [0.1, 0.15) is 5.56 Å². The zero-order valence-electron chi connectivity index (χ0n) is 11.3. The first-order chi connectivity index (χ1) is 9.58. The van der Waals surface area contributed by atoms with E-state index >= 15 is 0 Å². The van der Waals surface area contributed by atoms with E-state index in [1.165, 1.54) is 6.07 Å².